The minimum atomic E-state index is -0.203. The summed E-state index contributed by atoms with van der Waals surface area (Å²) in [5.41, 5.74) is 1.18. The molecule has 1 atom stereocenters. The second kappa shape index (κ2) is 7.10. The number of hydrogen-bond donors (Lipinski definition) is 0. The molecule has 118 valence electrons. The third-order valence-corrected chi connectivity index (χ3v) is 5.56. The summed E-state index contributed by atoms with van der Waals surface area (Å²) in [6.45, 7) is 2.00. The van der Waals surface area contributed by atoms with Crippen LogP contribution in [-0.2, 0) is 9.53 Å². The number of nitrogens with zero attached hydrogens (tertiary/aromatic N) is 2. The van der Waals surface area contributed by atoms with E-state index in [2.05, 4.69) is 28.2 Å². The van der Waals surface area contributed by atoms with Gasteiger partial charge in [-0.05, 0) is 11.6 Å². The Kier molecular flexibility index (Phi) is 4.93. The third kappa shape index (κ3) is 3.71. The molecule has 3 rings (SSSR count). The first-order valence-electron chi connectivity index (χ1n) is 7.21. The molecule has 0 fully saturated rings. The molecule has 0 N–H and O–H groups in total. The molecule has 0 bridgehead atoms. The van der Waals surface area contributed by atoms with E-state index in [1.807, 2.05) is 25.1 Å². The summed E-state index contributed by atoms with van der Waals surface area (Å²) in [4.78, 5) is 22.3. The van der Waals surface area contributed by atoms with Crippen LogP contribution in [0.25, 0.3) is 20.7 Å². The van der Waals surface area contributed by atoms with Gasteiger partial charge in [-0.2, -0.15) is 0 Å². The number of benzene rings is 1. The van der Waals surface area contributed by atoms with Gasteiger partial charge in [-0.25, -0.2) is 9.97 Å². The van der Waals surface area contributed by atoms with Crippen molar-refractivity contribution in [2.75, 3.05) is 7.11 Å². The molecule has 23 heavy (non-hydrogen) atoms. The average Bonchev–Trinajstić information content (AvgIpc) is 3.01. The highest BCUT2D eigenvalue weighted by molar-refractivity contribution is 8.00. The number of methoxy groups -OCH3 is 1. The lowest BCUT2D eigenvalue weighted by Gasteiger charge is -2.09. The molecule has 1 aromatic carbocycles. The Balaban J connectivity index is 1.90. The number of thioether (sulfide) groups is 1. The maximum atomic E-state index is 11.4. The van der Waals surface area contributed by atoms with Crippen molar-refractivity contribution < 1.29 is 9.53 Å². The van der Waals surface area contributed by atoms with Crippen LogP contribution in [0.15, 0.2) is 47.8 Å². The van der Waals surface area contributed by atoms with Crippen molar-refractivity contribution in [3.63, 3.8) is 0 Å². The smallest absolute Gasteiger partial charge is 0.306 e. The van der Waals surface area contributed by atoms with E-state index in [1.54, 1.807) is 29.4 Å². The SMILES string of the molecule is COC(=O)CC(C)Sc1ncnc2sc(-c3ccccc3)cc12. The van der Waals surface area contributed by atoms with Gasteiger partial charge in [-0.3, -0.25) is 4.79 Å². The summed E-state index contributed by atoms with van der Waals surface area (Å²) in [6, 6.07) is 12.4. The first kappa shape index (κ1) is 16.0. The van der Waals surface area contributed by atoms with Crippen molar-refractivity contribution in [3.8, 4) is 10.4 Å². The Bertz CT molecular complexity index is 818. The normalized spacial score (nSPS) is 12.3. The molecule has 6 heteroatoms. The summed E-state index contributed by atoms with van der Waals surface area (Å²) in [7, 11) is 1.41. The third-order valence-electron chi connectivity index (χ3n) is 3.35. The maximum Gasteiger partial charge on any atom is 0.306 e. The van der Waals surface area contributed by atoms with Crippen LogP contribution in [-0.4, -0.2) is 28.3 Å². The lowest BCUT2D eigenvalue weighted by Crippen LogP contribution is -2.08. The zero-order chi connectivity index (χ0) is 16.2. The first-order valence-corrected chi connectivity index (χ1v) is 8.90. The lowest BCUT2D eigenvalue weighted by molar-refractivity contribution is -0.140. The monoisotopic (exact) mass is 344 g/mol. The van der Waals surface area contributed by atoms with Gasteiger partial charge in [0, 0.05) is 15.5 Å². The van der Waals surface area contributed by atoms with Crippen LogP contribution in [0.2, 0.25) is 0 Å². The van der Waals surface area contributed by atoms with Crippen LogP contribution >= 0.6 is 23.1 Å². The van der Waals surface area contributed by atoms with Crippen LogP contribution < -0.4 is 0 Å². The number of fused-ring (bicyclic) bond motifs is 1. The number of hydrogen-bond acceptors (Lipinski definition) is 6. The number of carbonyl (C=O) groups excluding carboxylic acids is 1. The van der Waals surface area contributed by atoms with Gasteiger partial charge in [0.25, 0.3) is 0 Å². The van der Waals surface area contributed by atoms with Crippen molar-refractivity contribution in [2.45, 2.75) is 23.6 Å². The molecule has 0 aliphatic rings. The highest BCUT2D eigenvalue weighted by Gasteiger charge is 2.15. The van der Waals surface area contributed by atoms with Gasteiger partial charge in [-0.1, -0.05) is 37.3 Å². The van der Waals surface area contributed by atoms with E-state index in [-0.39, 0.29) is 11.2 Å². The van der Waals surface area contributed by atoms with E-state index in [4.69, 9.17) is 4.74 Å². The van der Waals surface area contributed by atoms with E-state index in [9.17, 15) is 4.79 Å². The van der Waals surface area contributed by atoms with Crippen molar-refractivity contribution in [3.05, 3.63) is 42.7 Å². The van der Waals surface area contributed by atoms with Crippen LogP contribution in [0.5, 0.6) is 0 Å². The zero-order valence-corrected chi connectivity index (χ0v) is 14.5. The summed E-state index contributed by atoms with van der Waals surface area (Å²) < 4.78 is 4.73. The standard InChI is InChI=1S/C17H16N2O2S2/c1-11(8-15(20)21-2)22-16-13-9-14(12-6-4-3-5-7-12)23-17(13)19-10-18-16/h3-7,9-11H,8H2,1-2H3. The van der Waals surface area contributed by atoms with E-state index in [0.717, 1.165) is 15.2 Å². The Hall–Kier alpha value is -1.92. The van der Waals surface area contributed by atoms with Gasteiger partial charge >= 0.3 is 5.97 Å². The molecule has 0 aliphatic carbocycles. The summed E-state index contributed by atoms with van der Waals surface area (Å²) >= 11 is 3.23. The molecule has 2 heterocycles. The molecule has 0 amide bonds. The quantitative estimate of drug-likeness (QED) is 0.390. The van der Waals surface area contributed by atoms with Gasteiger partial charge in [0.05, 0.1) is 13.5 Å². The molecule has 0 saturated heterocycles. The minimum Gasteiger partial charge on any atom is -0.469 e. The number of aromatic nitrogens is 2. The summed E-state index contributed by atoms with van der Waals surface area (Å²) in [6.07, 6.45) is 1.95. The molecule has 3 aromatic rings. The number of esters is 1. The van der Waals surface area contributed by atoms with Crippen LogP contribution in [0.4, 0.5) is 0 Å². The number of rotatable bonds is 5. The fourth-order valence-electron chi connectivity index (χ4n) is 2.22. The average molecular weight is 344 g/mol. The largest absolute Gasteiger partial charge is 0.469 e. The fraction of sp³-hybridized carbons (Fsp3) is 0.235. The van der Waals surface area contributed by atoms with Gasteiger partial charge < -0.3 is 4.74 Å². The highest BCUT2D eigenvalue weighted by Crippen LogP contribution is 2.37. The maximum absolute atomic E-state index is 11.4. The van der Waals surface area contributed by atoms with Gasteiger partial charge in [0.15, 0.2) is 0 Å². The van der Waals surface area contributed by atoms with Gasteiger partial charge in [-0.15, -0.1) is 23.1 Å². The van der Waals surface area contributed by atoms with E-state index < -0.39 is 0 Å². The predicted molar refractivity (Wildman–Crippen MR) is 94.8 cm³/mol. The Labute approximate surface area is 142 Å². The summed E-state index contributed by atoms with van der Waals surface area (Å²) in [5.74, 6) is -0.203. The Morgan fingerprint density at radius 2 is 2.09 bits per heavy atom. The second-order valence-electron chi connectivity index (χ2n) is 5.08. The van der Waals surface area contributed by atoms with Crippen molar-refractivity contribution in [1.29, 1.82) is 0 Å². The first-order chi connectivity index (χ1) is 11.2. The molecular weight excluding hydrogens is 328 g/mol. The van der Waals surface area contributed by atoms with Crippen LogP contribution in [0, 0.1) is 0 Å². The molecule has 0 aliphatic heterocycles. The highest BCUT2D eigenvalue weighted by atomic mass is 32.2. The number of ether oxygens (including phenoxy) is 1. The molecule has 0 radical (unpaired) electrons. The Morgan fingerprint density at radius 3 is 2.83 bits per heavy atom. The van der Waals surface area contributed by atoms with Crippen LogP contribution in [0.1, 0.15) is 13.3 Å². The number of carbonyl (C=O) groups is 1. The molecule has 4 nitrogen and oxygen atoms in total. The molecule has 0 saturated carbocycles. The van der Waals surface area contributed by atoms with E-state index in [1.165, 1.54) is 17.6 Å². The van der Waals surface area contributed by atoms with Crippen molar-refractivity contribution in [2.24, 2.45) is 0 Å². The topological polar surface area (TPSA) is 52.1 Å². The molecule has 2 aromatic heterocycles. The second-order valence-corrected chi connectivity index (χ2v) is 7.54. The fourth-order valence-corrected chi connectivity index (χ4v) is 4.28. The predicted octanol–water partition coefficient (Wildman–Crippen LogP) is 4.40. The van der Waals surface area contributed by atoms with Crippen molar-refractivity contribution in [1.82, 2.24) is 9.97 Å². The lowest BCUT2D eigenvalue weighted by atomic mass is 10.2. The minimum absolute atomic E-state index is 0.0978. The summed E-state index contributed by atoms with van der Waals surface area (Å²) in [5, 5.41) is 2.04. The van der Waals surface area contributed by atoms with Gasteiger partial charge in [0.1, 0.15) is 16.2 Å². The van der Waals surface area contributed by atoms with E-state index in [0.29, 0.717) is 6.42 Å². The van der Waals surface area contributed by atoms with Crippen LogP contribution in [0.3, 0.4) is 0 Å². The zero-order valence-electron chi connectivity index (χ0n) is 12.9. The molecular formula is C17H16N2O2S2. The Morgan fingerprint density at radius 1 is 1.30 bits per heavy atom. The van der Waals surface area contributed by atoms with Gasteiger partial charge in [0.2, 0.25) is 0 Å². The molecule has 1 unspecified atom stereocenters. The molecule has 0 spiro atoms. The number of thiophene rings is 1. The van der Waals surface area contributed by atoms with Crippen molar-refractivity contribution >= 4 is 39.3 Å². The van der Waals surface area contributed by atoms with E-state index >= 15 is 0 Å².